The number of ether oxygens (including phenoxy) is 1. The molecule has 0 saturated heterocycles. The van der Waals surface area contributed by atoms with E-state index in [0.29, 0.717) is 0 Å². The van der Waals surface area contributed by atoms with Gasteiger partial charge in [-0.15, -0.1) is 4.40 Å². The summed E-state index contributed by atoms with van der Waals surface area (Å²) in [6.07, 6.45) is 1.14. The second kappa shape index (κ2) is 6.71. The van der Waals surface area contributed by atoms with Gasteiger partial charge in [0.15, 0.2) is 0 Å². The normalized spacial score (nSPS) is 11.6. The molecule has 0 radical (unpaired) electrons. The fraction of sp³-hybridized carbons (Fsp3) is 0.333. The first-order valence-corrected chi connectivity index (χ1v) is 7.53. The van der Waals surface area contributed by atoms with E-state index in [1.165, 1.54) is 17.0 Å². The Kier molecular flexibility index (Phi) is 5.52. The molecule has 0 saturated carbocycles. The topological polar surface area (TPSA) is 76.0 Å². The number of benzene rings is 1. The highest BCUT2D eigenvalue weighted by Crippen LogP contribution is 2.24. The van der Waals surface area contributed by atoms with Crippen LogP contribution in [-0.4, -0.2) is 46.3 Å². The van der Waals surface area contributed by atoms with E-state index >= 15 is 0 Å². The molecular weight excluding hydrogens is 304 g/mol. The second-order valence-electron chi connectivity index (χ2n) is 4.03. The fourth-order valence-corrected chi connectivity index (χ4v) is 2.68. The molecule has 0 amide bonds. The molecule has 0 aromatic heterocycles. The standard InChI is InChI=1S/C12H15ClN2O4S/c1-4-19-12(16)9-5-6-10(13)11(7-9)20(17,18)14-8-15(2)3/h5-8H,4H2,1-3H3. The van der Waals surface area contributed by atoms with Gasteiger partial charge in [-0.05, 0) is 25.1 Å². The summed E-state index contributed by atoms with van der Waals surface area (Å²) in [5.41, 5.74) is 0.106. The van der Waals surface area contributed by atoms with Crippen molar-refractivity contribution in [1.82, 2.24) is 4.90 Å². The van der Waals surface area contributed by atoms with Crippen molar-refractivity contribution < 1.29 is 17.9 Å². The molecule has 6 nitrogen and oxygen atoms in total. The molecule has 0 spiro atoms. The number of rotatable bonds is 5. The van der Waals surface area contributed by atoms with Crippen LogP contribution in [0.1, 0.15) is 17.3 Å². The Morgan fingerprint density at radius 2 is 2.10 bits per heavy atom. The molecule has 0 unspecified atom stereocenters. The second-order valence-corrected chi connectivity index (χ2v) is 6.03. The van der Waals surface area contributed by atoms with Crippen molar-refractivity contribution in [3.05, 3.63) is 28.8 Å². The Morgan fingerprint density at radius 3 is 2.65 bits per heavy atom. The van der Waals surface area contributed by atoms with E-state index in [-0.39, 0.29) is 22.1 Å². The SMILES string of the molecule is CCOC(=O)c1ccc(Cl)c(S(=O)(=O)N=CN(C)C)c1. The summed E-state index contributed by atoms with van der Waals surface area (Å²) >= 11 is 5.86. The third-order valence-electron chi connectivity index (χ3n) is 2.14. The number of sulfonamides is 1. The van der Waals surface area contributed by atoms with Crippen molar-refractivity contribution >= 4 is 33.9 Å². The molecule has 110 valence electrons. The maximum absolute atomic E-state index is 12.0. The summed E-state index contributed by atoms with van der Waals surface area (Å²) in [6, 6.07) is 3.88. The third-order valence-corrected chi connectivity index (χ3v) is 3.84. The van der Waals surface area contributed by atoms with Crippen LogP contribution in [0.2, 0.25) is 5.02 Å². The Bertz CT molecular complexity index is 626. The number of nitrogens with zero attached hydrogens (tertiary/aromatic N) is 2. The summed E-state index contributed by atoms with van der Waals surface area (Å²) < 4.78 is 32.3. The van der Waals surface area contributed by atoms with Crippen LogP contribution in [0.4, 0.5) is 0 Å². The smallest absolute Gasteiger partial charge is 0.338 e. The van der Waals surface area contributed by atoms with Crippen molar-refractivity contribution in [1.29, 1.82) is 0 Å². The number of halogens is 1. The quantitative estimate of drug-likeness (QED) is 0.470. The predicted octanol–water partition coefficient (Wildman–Crippen LogP) is 1.80. The molecule has 8 heteroatoms. The molecule has 0 aliphatic rings. The zero-order valence-corrected chi connectivity index (χ0v) is 12.9. The van der Waals surface area contributed by atoms with Gasteiger partial charge in [0, 0.05) is 14.1 Å². The van der Waals surface area contributed by atoms with Crippen LogP contribution in [-0.2, 0) is 14.8 Å². The first-order valence-electron chi connectivity index (χ1n) is 5.71. The molecule has 0 atom stereocenters. The first-order chi connectivity index (χ1) is 9.27. The monoisotopic (exact) mass is 318 g/mol. The molecule has 0 bridgehead atoms. The summed E-state index contributed by atoms with van der Waals surface area (Å²) in [7, 11) is -0.700. The van der Waals surface area contributed by atoms with E-state index in [1.54, 1.807) is 21.0 Å². The third kappa shape index (κ3) is 4.21. The molecule has 1 aromatic rings. The maximum atomic E-state index is 12.0. The molecule has 0 aliphatic heterocycles. The lowest BCUT2D eigenvalue weighted by molar-refractivity contribution is 0.0526. The van der Waals surface area contributed by atoms with Gasteiger partial charge in [-0.2, -0.15) is 8.42 Å². The van der Waals surface area contributed by atoms with Crippen LogP contribution in [0, 0.1) is 0 Å². The number of carbonyl (C=O) groups excluding carboxylic acids is 1. The lowest BCUT2D eigenvalue weighted by Crippen LogP contribution is -2.11. The largest absolute Gasteiger partial charge is 0.462 e. The molecule has 1 rings (SSSR count). The van der Waals surface area contributed by atoms with E-state index in [2.05, 4.69) is 4.40 Å². The van der Waals surface area contributed by atoms with Crippen molar-refractivity contribution in [3.63, 3.8) is 0 Å². The molecule has 0 aliphatic carbocycles. The first kappa shape index (κ1) is 16.5. The van der Waals surface area contributed by atoms with Gasteiger partial charge >= 0.3 is 5.97 Å². The van der Waals surface area contributed by atoms with Crippen LogP contribution >= 0.6 is 11.6 Å². The van der Waals surface area contributed by atoms with Crippen LogP contribution in [0.25, 0.3) is 0 Å². The van der Waals surface area contributed by atoms with Gasteiger partial charge in [0.2, 0.25) is 0 Å². The minimum Gasteiger partial charge on any atom is -0.462 e. The fourth-order valence-electron chi connectivity index (χ4n) is 1.26. The highest BCUT2D eigenvalue weighted by Gasteiger charge is 2.19. The van der Waals surface area contributed by atoms with Crippen LogP contribution in [0.3, 0.4) is 0 Å². The van der Waals surface area contributed by atoms with Crippen molar-refractivity contribution in [2.24, 2.45) is 4.40 Å². The predicted molar refractivity (Wildman–Crippen MR) is 76.8 cm³/mol. The average molecular weight is 319 g/mol. The van der Waals surface area contributed by atoms with Gasteiger partial charge in [0.1, 0.15) is 11.2 Å². The van der Waals surface area contributed by atoms with E-state index < -0.39 is 16.0 Å². The molecular formula is C12H15ClN2O4S. The Hall–Kier alpha value is -1.60. The minimum absolute atomic E-state index is 0.00560. The highest BCUT2D eigenvalue weighted by atomic mass is 35.5. The molecule has 1 aromatic carbocycles. The zero-order chi connectivity index (χ0) is 15.3. The summed E-state index contributed by atoms with van der Waals surface area (Å²) in [4.78, 5) is 12.8. The molecule has 0 heterocycles. The van der Waals surface area contributed by atoms with Crippen molar-refractivity contribution in [3.8, 4) is 0 Å². The van der Waals surface area contributed by atoms with Crippen LogP contribution in [0.5, 0.6) is 0 Å². The summed E-state index contributed by atoms with van der Waals surface area (Å²) in [5.74, 6) is -0.614. The Balaban J connectivity index is 3.24. The summed E-state index contributed by atoms with van der Waals surface area (Å²) in [6.45, 7) is 1.86. The van der Waals surface area contributed by atoms with Gasteiger partial charge in [0.25, 0.3) is 10.0 Å². The van der Waals surface area contributed by atoms with Crippen molar-refractivity contribution in [2.45, 2.75) is 11.8 Å². The van der Waals surface area contributed by atoms with Crippen molar-refractivity contribution in [2.75, 3.05) is 20.7 Å². The van der Waals surface area contributed by atoms with E-state index in [0.717, 1.165) is 12.4 Å². The Labute approximate surface area is 123 Å². The lowest BCUT2D eigenvalue weighted by Gasteiger charge is -2.07. The van der Waals surface area contributed by atoms with Gasteiger partial charge < -0.3 is 9.64 Å². The molecule has 0 N–H and O–H groups in total. The van der Waals surface area contributed by atoms with Gasteiger partial charge in [-0.25, -0.2) is 4.79 Å². The number of hydrogen-bond donors (Lipinski definition) is 0. The van der Waals surface area contributed by atoms with E-state index in [1.807, 2.05) is 0 Å². The average Bonchev–Trinajstić information content (AvgIpc) is 2.37. The lowest BCUT2D eigenvalue weighted by atomic mass is 10.2. The number of esters is 1. The molecule has 0 fully saturated rings. The number of hydrogen-bond acceptors (Lipinski definition) is 4. The van der Waals surface area contributed by atoms with Gasteiger partial charge in [0.05, 0.1) is 17.2 Å². The summed E-state index contributed by atoms with van der Waals surface area (Å²) in [5, 5.41) is -0.00560. The zero-order valence-electron chi connectivity index (χ0n) is 11.3. The number of carbonyl (C=O) groups is 1. The van der Waals surface area contributed by atoms with E-state index in [4.69, 9.17) is 16.3 Å². The Morgan fingerprint density at radius 1 is 1.45 bits per heavy atom. The van der Waals surface area contributed by atoms with Crippen LogP contribution < -0.4 is 0 Å². The minimum atomic E-state index is -3.97. The highest BCUT2D eigenvalue weighted by molar-refractivity contribution is 7.90. The van der Waals surface area contributed by atoms with E-state index in [9.17, 15) is 13.2 Å². The maximum Gasteiger partial charge on any atom is 0.338 e. The van der Waals surface area contributed by atoms with Gasteiger partial charge in [-0.1, -0.05) is 11.6 Å². The molecule has 20 heavy (non-hydrogen) atoms. The van der Waals surface area contributed by atoms with Crippen LogP contribution in [0.15, 0.2) is 27.5 Å². The van der Waals surface area contributed by atoms with Gasteiger partial charge in [-0.3, -0.25) is 0 Å².